The Labute approximate surface area is 192 Å². The molecule has 0 N–H and O–H groups in total. The van der Waals surface area contributed by atoms with Gasteiger partial charge in [0, 0.05) is 23.3 Å². The van der Waals surface area contributed by atoms with Crippen molar-refractivity contribution in [3.8, 4) is 29.4 Å². The lowest BCUT2D eigenvalue weighted by Crippen LogP contribution is -1.97. The van der Waals surface area contributed by atoms with Crippen LogP contribution >= 0.6 is 0 Å². The first kappa shape index (κ1) is 25.0. The minimum Gasteiger partial charge on any atom is -0.494 e. The molecule has 0 aromatic heterocycles. The standard InChI is InChI=1S/C28H33NO3/c1-2-3-4-5-6-7-8-9-10-13-24-32-28-22-18-26(19-23-28)15-12-11-14-25-16-20-27(21-17-25)29(30)31/h16-23H,2-10,13,24H2,1H3. The van der Waals surface area contributed by atoms with Crippen LogP contribution in [0.4, 0.5) is 5.69 Å². The van der Waals surface area contributed by atoms with Crippen LogP contribution in [0.15, 0.2) is 48.5 Å². The Hall–Kier alpha value is -3.24. The fourth-order valence-electron chi connectivity index (χ4n) is 3.29. The monoisotopic (exact) mass is 431 g/mol. The topological polar surface area (TPSA) is 52.4 Å². The first-order chi connectivity index (χ1) is 15.7. The number of hydrogen-bond donors (Lipinski definition) is 0. The number of unbranched alkanes of at least 4 members (excludes halogenated alkanes) is 9. The van der Waals surface area contributed by atoms with Crippen molar-refractivity contribution in [2.45, 2.75) is 71.1 Å². The third kappa shape index (κ3) is 10.7. The Bertz CT molecular complexity index is 925. The van der Waals surface area contributed by atoms with E-state index in [-0.39, 0.29) is 5.69 Å². The molecular weight excluding hydrogens is 398 g/mol. The molecule has 0 atom stereocenters. The number of hydrogen-bond acceptors (Lipinski definition) is 3. The van der Waals surface area contributed by atoms with Crippen LogP contribution in [0, 0.1) is 33.8 Å². The van der Waals surface area contributed by atoms with Gasteiger partial charge in [-0.1, -0.05) is 76.6 Å². The molecule has 0 unspecified atom stereocenters. The highest BCUT2D eigenvalue weighted by Crippen LogP contribution is 2.14. The summed E-state index contributed by atoms with van der Waals surface area (Å²) in [5, 5.41) is 10.6. The Morgan fingerprint density at radius 1 is 0.719 bits per heavy atom. The van der Waals surface area contributed by atoms with Gasteiger partial charge in [0.25, 0.3) is 5.69 Å². The summed E-state index contributed by atoms with van der Waals surface area (Å²) in [7, 11) is 0. The number of nitrogens with zero attached hydrogens (tertiary/aromatic N) is 1. The summed E-state index contributed by atoms with van der Waals surface area (Å²) in [6.07, 6.45) is 13.2. The molecule has 2 aromatic carbocycles. The smallest absolute Gasteiger partial charge is 0.269 e. The van der Waals surface area contributed by atoms with Crippen molar-refractivity contribution in [1.29, 1.82) is 0 Å². The average molecular weight is 432 g/mol. The summed E-state index contributed by atoms with van der Waals surface area (Å²) in [6, 6.07) is 13.8. The van der Waals surface area contributed by atoms with Crippen LogP contribution in [0.1, 0.15) is 82.3 Å². The predicted molar refractivity (Wildman–Crippen MR) is 131 cm³/mol. The first-order valence-electron chi connectivity index (χ1n) is 11.7. The molecule has 32 heavy (non-hydrogen) atoms. The Morgan fingerprint density at radius 2 is 1.19 bits per heavy atom. The lowest BCUT2D eigenvalue weighted by atomic mass is 10.1. The van der Waals surface area contributed by atoms with Crippen LogP contribution in [0.5, 0.6) is 5.75 Å². The zero-order chi connectivity index (χ0) is 22.9. The van der Waals surface area contributed by atoms with Gasteiger partial charge in [-0.25, -0.2) is 0 Å². The second-order valence-corrected chi connectivity index (χ2v) is 7.86. The third-order valence-corrected chi connectivity index (χ3v) is 5.18. The molecule has 0 aliphatic rings. The van der Waals surface area contributed by atoms with Crippen molar-refractivity contribution in [2.24, 2.45) is 0 Å². The third-order valence-electron chi connectivity index (χ3n) is 5.18. The van der Waals surface area contributed by atoms with Crippen LogP contribution in [0.2, 0.25) is 0 Å². The molecule has 2 rings (SSSR count). The SMILES string of the molecule is CCCCCCCCCCCCOc1ccc(C#CC#Cc2ccc([N+](=O)[O-])cc2)cc1. The van der Waals surface area contributed by atoms with Gasteiger partial charge in [0.15, 0.2) is 0 Å². The molecule has 0 aliphatic heterocycles. The van der Waals surface area contributed by atoms with Crippen molar-refractivity contribution in [1.82, 2.24) is 0 Å². The van der Waals surface area contributed by atoms with E-state index in [0.717, 1.165) is 24.3 Å². The van der Waals surface area contributed by atoms with Crippen LogP contribution in [-0.4, -0.2) is 11.5 Å². The van der Waals surface area contributed by atoms with Gasteiger partial charge in [0.1, 0.15) is 5.75 Å². The van der Waals surface area contributed by atoms with E-state index in [4.69, 9.17) is 4.74 Å². The maximum absolute atomic E-state index is 10.6. The summed E-state index contributed by atoms with van der Waals surface area (Å²) in [4.78, 5) is 10.2. The molecule has 168 valence electrons. The summed E-state index contributed by atoms with van der Waals surface area (Å²) in [5.74, 6) is 12.3. The summed E-state index contributed by atoms with van der Waals surface area (Å²) >= 11 is 0. The summed E-state index contributed by atoms with van der Waals surface area (Å²) in [6.45, 7) is 3.01. The van der Waals surface area contributed by atoms with Crippen molar-refractivity contribution in [3.63, 3.8) is 0 Å². The van der Waals surface area contributed by atoms with Crippen LogP contribution in [0.25, 0.3) is 0 Å². The van der Waals surface area contributed by atoms with Gasteiger partial charge in [-0.2, -0.15) is 0 Å². The number of ether oxygens (including phenoxy) is 1. The van der Waals surface area contributed by atoms with Crippen molar-refractivity contribution in [3.05, 3.63) is 69.8 Å². The van der Waals surface area contributed by atoms with Crippen LogP contribution in [0.3, 0.4) is 0 Å². The van der Waals surface area contributed by atoms with Crippen molar-refractivity contribution < 1.29 is 9.66 Å². The van der Waals surface area contributed by atoms with E-state index in [0.29, 0.717) is 5.56 Å². The number of benzene rings is 2. The molecule has 0 heterocycles. The van der Waals surface area contributed by atoms with Crippen LogP contribution < -0.4 is 4.74 Å². The molecule has 4 nitrogen and oxygen atoms in total. The fourth-order valence-corrected chi connectivity index (χ4v) is 3.29. The zero-order valence-corrected chi connectivity index (χ0v) is 19.1. The van der Waals surface area contributed by atoms with E-state index < -0.39 is 4.92 Å². The summed E-state index contributed by atoms with van der Waals surface area (Å²) in [5.41, 5.74) is 1.62. The average Bonchev–Trinajstić information content (AvgIpc) is 2.81. The van der Waals surface area contributed by atoms with Crippen LogP contribution in [-0.2, 0) is 0 Å². The minimum absolute atomic E-state index is 0.0529. The first-order valence-corrected chi connectivity index (χ1v) is 11.7. The number of nitro benzene ring substituents is 1. The van der Waals surface area contributed by atoms with E-state index in [1.807, 2.05) is 24.3 Å². The second-order valence-electron chi connectivity index (χ2n) is 7.86. The lowest BCUT2D eigenvalue weighted by Gasteiger charge is -2.06. The fraction of sp³-hybridized carbons (Fsp3) is 0.429. The number of rotatable bonds is 13. The Kier molecular flexibility index (Phi) is 12.2. The normalized spacial score (nSPS) is 9.91. The molecule has 0 amide bonds. The molecule has 0 bridgehead atoms. The van der Waals surface area contributed by atoms with Gasteiger partial charge in [-0.3, -0.25) is 10.1 Å². The lowest BCUT2D eigenvalue weighted by molar-refractivity contribution is -0.384. The molecule has 0 spiro atoms. The zero-order valence-electron chi connectivity index (χ0n) is 19.1. The van der Waals surface area contributed by atoms with Gasteiger partial charge in [0.2, 0.25) is 0 Å². The molecule has 0 aliphatic carbocycles. The summed E-state index contributed by atoms with van der Waals surface area (Å²) < 4.78 is 5.82. The second kappa shape index (κ2) is 15.5. The highest BCUT2D eigenvalue weighted by atomic mass is 16.6. The maximum Gasteiger partial charge on any atom is 0.269 e. The van der Waals surface area contributed by atoms with Gasteiger partial charge < -0.3 is 4.74 Å². The Balaban J connectivity index is 1.61. The van der Waals surface area contributed by atoms with E-state index in [1.54, 1.807) is 12.1 Å². The molecule has 0 saturated carbocycles. The Morgan fingerprint density at radius 3 is 1.69 bits per heavy atom. The molecule has 0 saturated heterocycles. The van der Waals surface area contributed by atoms with E-state index >= 15 is 0 Å². The highest BCUT2D eigenvalue weighted by Gasteiger charge is 2.02. The number of nitro groups is 1. The molecular formula is C28H33NO3. The van der Waals surface area contributed by atoms with E-state index in [9.17, 15) is 10.1 Å². The van der Waals surface area contributed by atoms with E-state index in [1.165, 1.54) is 69.9 Å². The maximum atomic E-state index is 10.6. The largest absolute Gasteiger partial charge is 0.494 e. The minimum atomic E-state index is -0.429. The van der Waals surface area contributed by atoms with Crippen molar-refractivity contribution in [2.75, 3.05) is 6.61 Å². The molecule has 4 heteroatoms. The highest BCUT2D eigenvalue weighted by molar-refractivity contribution is 5.47. The van der Waals surface area contributed by atoms with Crippen molar-refractivity contribution >= 4 is 5.69 Å². The van der Waals surface area contributed by atoms with E-state index in [2.05, 4.69) is 30.6 Å². The van der Waals surface area contributed by atoms with Gasteiger partial charge in [0.05, 0.1) is 11.5 Å². The van der Waals surface area contributed by atoms with Gasteiger partial charge >= 0.3 is 0 Å². The quantitative estimate of drug-likeness (QED) is 0.145. The molecule has 0 fully saturated rings. The van der Waals surface area contributed by atoms with Gasteiger partial charge in [-0.15, -0.1) is 0 Å². The predicted octanol–water partition coefficient (Wildman–Crippen LogP) is 7.30. The van der Waals surface area contributed by atoms with Gasteiger partial charge in [-0.05, 0) is 54.7 Å². The number of non-ortho nitro benzene ring substituents is 1. The molecule has 0 radical (unpaired) electrons. The molecule has 2 aromatic rings.